The minimum atomic E-state index is -3.80. The predicted octanol–water partition coefficient (Wildman–Crippen LogP) is 3.76. The van der Waals surface area contributed by atoms with Crippen molar-refractivity contribution in [2.75, 3.05) is 13.1 Å². The van der Waals surface area contributed by atoms with Gasteiger partial charge in [0.15, 0.2) is 0 Å². The van der Waals surface area contributed by atoms with Crippen molar-refractivity contribution in [3.05, 3.63) is 89.5 Å². The van der Waals surface area contributed by atoms with Crippen LogP contribution in [0.3, 0.4) is 0 Å². The number of amides is 1. The zero-order valence-electron chi connectivity index (χ0n) is 18.5. The summed E-state index contributed by atoms with van der Waals surface area (Å²) in [6, 6.07) is 14.1. The van der Waals surface area contributed by atoms with Crippen LogP contribution in [0, 0.1) is 5.82 Å². The standard InChI is InChI=1S/C24H26FN3O4S/c1-3-28(4-2)33(30,31)21-11-12-23(25)22(14-21)24(29)27-16-18-7-9-20(10-8-18)32-17-19-6-5-13-26-15-19/h5-15H,3-4,16-17H2,1-2H3,(H,27,29). The third-order valence-corrected chi connectivity index (χ3v) is 7.08. The molecule has 0 bridgehead atoms. The van der Waals surface area contributed by atoms with Crippen LogP contribution in [0.1, 0.15) is 35.3 Å². The van der Waals surface area contributed by atoms with Crippen molar-refractivity contribution >= 4 is 15.9 Å². The quantitative estimate of drug-likeness (QED) is 0.486. The molecule has 1 N–H and O–H groups in total. The van der Waals surface area contributed by atoms with Gasteiger partial charge < -0.3 is 10.1 Å². The summed E-state index contributed by atoms with van der Waals surface area (Å²) in [5.41, 5.74) is 1.41. The molecule has 0 fully saturated rings. The number of nitrogens with zero attached hydrogens (tertiary/aromatic N) is 2. The topological polar surface area (TPSA) is 88.6 Å². The lowest BCUT2D eigenvalue weighted by Crippen LogP contribution is -2.31. The Labute approximate surface area is 193 Å². The van der Waals surface area contributed by atoms with Gasteiger partial charge in [-0.15, -0.1) is 0 Å². The maximum absolute atomic E-state index is 14.3. The number of halogens is 1. The SMILES string of the molecule is CCN(CC)S(=O)(=O)c1ccc(F)c(C(=O)NCc2ccc(OCc3cccnc3)cc2)c1. The zero-order valence-corrected chi connectivity index (χ0v) is 19.3. The Balaban J connectivity index is 1.63. The summed E-state index contributed by atoms with van der Waals surface area (Å²) in [5.74, 6) is -0.819. The molecule has 1 heterocycles. The van der Waals surface area contributed by atoms with E-state index in [4.69, 9.17) is 4.74 Å². The Morgan fingerprint density at radius 1 is 1.06 bits per heavy atom. The zero-order chi connectivity index (χ0) is 23.8. The van der Waals surface area contributed by atoms with Crippen molar-refractivity contribution in [2.45, 2.75) is 31.9 Å². The van der Waals surface area contributed by atoms with Gasteiger partial charge >= 0.3 is 0 Å². The summed E-state index contributed by atoms with van der Waals surface area (Å²) < 4.78 is 46.6. The summed E-state index contributed by atoms with van der Waals surface area (Å²) >= 11 is 0. The van der Waals surface area contributed by atoms with Crippen molar-refractivity contribution in [2.24, 2.45) is 0 Å². The highest BCUT2D eigenvalue weighted by atomic mass is 32.2. The molecule has 3 rings (SSSR count). The number of pyridine rings is 1. The Bertz CT molecular complexity index is 1180. The maximum atomic E-state index is 14.3. The molecule has 0 atom stereocenters. The highest BCUT2D eigenvalue weighted by molar-refractivity contribution is 7.89. The van der Waals surface area contributed by atoms with Crippen LogP contribution in [0.25, 0.3) is 0 Å². The third kappa shape index (κ3) is 6.15. The van der Waals surface area contributed by atoms with Crippen molar-refractivity contribution in [1.29, 1.82) is 0 Å². The lowest BCUT2D eigenvalue weighted by Gasteiger charge is -2.19. The number of hydrogen-bond donors (Lipinski definition) is 1. The lowest BCUT2D eigenvalue weighted by molar-refractivity contribution is 0.0946. The first-order valence-corrected chi connectivity index (χ1v) is 12.0. The lowest BCUT2D eigenvalue weighted by atomic mass is 10.1. The van der Waals surface area contributed by atoms with Gasteiger partial charge in [0, 0.05) is 37.6 Å². The van der Waals surface area contributed by atoms with Gasteiger partial charge in [0.2, 0.25) is 10.0 Å². The second kappa shape index (κ2) is 11.0. The van der Waals surface area contributed by atoms with E-state index in [0.29, 0.717) is 12.4 Å². The Morgan fingerprint density at radius 3 is 2.42 bits per heavy atom. The van der Waals surface area contributed by atoms with E-state index in [1.165, 1.54) is 10.4 Å². The molecule has 3 aromatic rings. The van der Waals surface area contributed by atoms with Gasteiger partial charge in [0.05, 0.1) is 10.5 Å². The molecule has 174 valence electrons. The fourth-order valence-corrected chi connectivity index (χ4v) is 4.67. The van der Waals surface area contributed by atoms with E-state index < -0.39 is 21.7 Å². The number of hydrogen-bond acceptors (Lipinski definition) is 5. The Morgan fingerprint density at radius 2 is 1.79 bits per heavy atom. The van der Waals surface area contributed by atoms with E-state index >= 15 is 0 Å². The molecule has 0 spiro atoms. The molecule has 0 saturated carbocycles. The normalized spacial score (nSPS) is 11.4. The van der Waals surface area contributed by atoms with Gasteiger partial charge in [0.1, 0.15) is 18.2 Å². The van der Waals surface area contributed by atoms with E-state index in [1.54, 1.807) is 50.5 Å². The molecule has 0 aliphatic heterocycles. The molecule has 9 heteroatoms. The van der Waals surface area contributed by atoms with Crippen LogP contribution in [-0.2, 0) is 23.2 Å². The minimum Gasteiger partial charge on any atom is -0.489 e. The van der Waals surface area contributed by atoms with Crippen LogP contribution >= 0.6 is 0 Å². The molecule has 0 unspecified atom stereocenters. The van der Waals surface area contributed by atoms with Gasteiger partial charge in [0.25, 0.3) is 5.91 Å². The molecular formula is C24H26FN3O4S. The number of ether oxygens (including phenoxy) is 1. The highest BCUT2D eigenvalue weighted by Gasteiger charge is 2.24. The fourth-order valence-electron chi connectivity index (χ4n) is 3.18. The Kier molecular flexibility index (Phi) is 8.13. The number of benzene rings is 2. The predicted molar refractivity (Wildman–Crippen MR) is 123 cm³/mol. The van der Waals surface area contributed by atoms with Crippen LogP contribution in [0.5, 0.6) is 5.75 Å². The average Bonchev–Trinajstić information content (AvgIpc) is 2.83. The van der Waals surface area contributed by atoms with Crippen LogP contribution < -0.4 is 10.1 Å². The van der Waals surface area contributed by atoms with E-state index in [9.17, 15) is 17.6 Å². The Hall–Kier alpha value is -3.30. The molecule has 7 nitrogen and oxygen atoms in total. The largest absolute Gasteiger partial charge is 0.489 e. The smallest absolute Gasteiger partial charge is 0.254 e. The van der Waals surface area contributed by atoms with Crippen LogP contribution in [0.15, 0.2) is 71.9 Å². The van der Waals surface area contributed by atoms with Crippen molar-refractivity contribution in [3.8, 4) is 5.75 Å². The van der Waals surface area contributed by atoms with Gasteiger partial charge in [-0.1, -0.05) is 32.0 Å². The maximum Gasteiger partial charge on any atom is 0.254 e. The number of carbonyl (C=O) groups is 1. The summed E-state index contributed by atoms with van der Waals surface area (Å²) in [4.78, 5) is 16.5. The number of rotatable bonds is 10. The summed E-state index contributed by atoms with van der Waals surface area (Å²) in [6.45, 7) is 4.52. The second-order valence-electron chi connectivity index (χ2n) is 7.21. The van der Waals surface area contributed by atoms with Gasteiger partial charge in [-0.2, -0.15) is 4.31 Å². The van der Waals surface area contributed by atoms with Gasteiger partial charge in [-0.05, 0) is 42.0 Å². The van der Waals surface area contributed by atoms with Crippen molar-refractivity contribution < 1.29 is 22.3 Å². The summed E-state index contributed by atoms with van der Waals surface area (Å²) in [6.07, 6.45) is 3.42. The van der Waals surface area contributed by atoms with E-state index in [0.717, 1.165) is 23.3 Å². The first kappa shape index (κ1) is 24.3. The molecular weight excluding hydrogens is 445 g/mol. The molecule has 0 aliphatic rings. The number of carbonyl (C=O) groups excluding carboxylic acids is 1. The molecule has 0 radical (unpaired) electrons. The first-order valence-electron chi connectivity index (χ1n) is 10.5. The van der Waals surface area contributed by atoms with E-state index in [2.05, 4.69) is 10.3 Å². The number of sulfonamides is 1. The first-order chi connectivity index (χ1) is 15.8. The number of nitrogens with one attached hydrogen (secondary N) is 1. The minimum absolute atomic E-state index is 0.118. The van der Waals surface area contributed by atoms with Crippen LogP contribution in [0.4, 0.5) is 4.39 Å². The molecule has 1 aromatic heterocycles. The summed E-state index contributed by atoms with van der Waals surface area (Å²) in [5, 5.41) is 2.63. The van der Waals surface area contributed by atoms with E-state index in [1.807, 2.05) is 12.1 Å². The molecule has 1 amide bonds. The average molecular weight is 472 g/mol. The van der Waals surface area contributed by atoms with Crippen molar-refractivity contribution in [1.82, 2.24) is 14.6 Å². The second-order valence-corrected chi connectivity index (χ2v) is 9.15. The number of aromatic nitrogens is 1. The molecule has 0 aliphatic carbocycles. The highest BCUT2D eigenvalue weighted by Crippen LogP contribution is 2.20. The molecule has 0 saturated heterocycles. The molecule has 2 aromatic carbocycles. The van der Waals surface area contributed by atoms with Gasteiger partial charge in [-0.3, -0.25) is 9.78 Å². The third-order valence-electron chi connectivity index (χ3n) is 5.03. The molecule has 33 heavy (non-hydrogen) atoms. The van der Waals surface area contributed by atoms with E-state index in [-0.39, 0.29) is 30.1 Å². The summed E-state index contributed by atoms with van der Waals surface area (Å²) in [7, 11) is -3.80. The van der Waals surface area contributed by atoms with Crippen LogP contribution in [0.2, 0.25) is 0 Å². The van der Waals surface area contributed by atoms with Crippen molar-refractivity contribution in [3.63, 3.8) is 0 Å². The van der Waals surface area contributed by atoms with Gasteiger partial charge in [-0.25, -0.2) is 12.8 Å². The monoisotopic (exact) mass is 471 g/mol. The van der Waals surface area contributed by atoms with Crippen LogP contribution in [-0.4, -0.2) is 36.7 Å². The fraction of sp³-hybridized carbons (Fsp3) is 0.250.